The molecule has 210 valence electrons. The molecule has 1 unspecified atom stereocenters. The van der Waals surface area contributed by atoms with Crippen molar-refractivity contribution in [3.05, 3.63) is 47.5 Å². The average molecular weight is 537 g/mol. The third kappa shape index (κ3) is 4.60. The average Bonchev–Trinajstić information content (AvgIpc) is 3.19. The second-order valence-electron chi connectivity index (χ2n) is 12.5. The van der Waals surface area contributed by atoms with Crippen molar-refractivity contribution in [2.75, 3.05) is 6.61 Å². The highest BCUT2D eigenvalue weighted by Crippen LogP contribution is 2.67. The lowest BCUT2D eigenvalue weighted by Crippen LogP contribution is -2.57. The number of allylic oxidation sites excluding steroid dienone is 2. The Hall–Kier alpha value is -3.00. The molecule has 1 aromatic rings. The number of nitrogens with zero attached hydrogens (tertiary/aromatic N) is 1. The number of hydrogen-bond donors (Lipinski definition) is 3. The molecule has 0 aromatic heterocycles. The molecule has 0 radical (unpaired) electrons. The molecule has 1 amide bonds. The molecule has 8 heteroatoms. The fourth-order valence-electron chi connectivity index (χ4n) is 8.55. The second kappa shape index (κ2) is 10.2. The molecule has 0 spiro atoms. The number of oxime groups is 1. The number of carboxylic acid groups (broad SMARTS) is 1. The minimum absolute atomic E-state index is 0.0575. The van der Waals surface area contributed by atoms with Gasteiger partial charge in [0.15, 0.2) is 18.4 Å². The number of carbonyl (C=O) groups excluding carboxylic acids is 2. The normalized spacial score (nSPS) is 37.1. The zero-order valence-corrected chi connectivity index (χ0v) is 23.1. The number of aliphatic hydroxyl groups is 1. The summed E-state index contributed by atoms with van der Waals surface area (Å²) < 4.78 is 0. The van der Waals surface area contributed by atoms with Crippen LogP contribution in [0, 0.1) is 28.6 Å². The maximum absolute atomic E-state index is 12.5. The van der Waals surface area contributed by atoms with Crippen LogP contribution in [0.15, 0.2) is 47.1 Å². The number of hydrogen-bond acceptors (Lipinski definition) is 6. The summed E-state index contributed by atoms with van der Waals surface area (Å²) in [4.78, 5) is 41.9. The van der Waals surface area contributed by atoms with Gasteiger partial charge in [-0.1, -0.05) is 54.9 Å². The Balaban J connectivity index is 1.23. The van der Waals surface area contributed by atoms with Crippen LogP contribution in [0.1, 0.15) is 83.7 Å². The highest BCUT2D eigenvalue weighted by atomic mass is 16.6. The first-order chi connectivity index (χ1) is 18.5. The summed E-state index contributed by atoms with van der Waals surface area (Å²) in [6.07, 6.45) is 9.21. The molecule has 0 bridgehead atoms. The summed E-state index contributed by atoms with van der Waals surface area (Å²) in [5.41, 5.74) is 1.19. The number of Topliss-reactive ketones (excluding diaryl/α,β-unsaturated/α-hetero) is 1. The van der Waals surface area contributed by atoms with Gasteiger partial charge in [0.1, 0.15) is 5.60 Å². The van der Waals surface area contributed by atoms with Crippen LogP contribution < -0.4 is 5.32 Å². The van der Waals surface area contributed by atoms with Crippen LogP contribution in [0.25, 0.3) is 0 Å². The summed E-state index contributed by atoms with van der Waals surface area (Å²) in [7, 11) is 0. The topological polar surface area (TPSA) is 125 Å². The number of carboxylic acids is 1. The molecule has 0 saturated heterocycles. The third-order valence-electron chi connectivity index (χ3n) is 10.8. The number of rotatable bonds is 7. The Bertz CT molecular complexity index is 1210. The first-order valence-corrected chi connectivity index (χ1v) is 14.2. The zero-order valence-electron chi connectivity index (χ0n) is 23.1. The number of carbonyl (C=O) groups is 3. The van der Waals surface area contributed by atoms with Crippen LogP contribution in [-0.4, -0.2) is 45.8 Å². The van der Waals surface area contributed by atoms with Crippen LogP contribution in [-0.2, 0) is 19.2 Å². The SMILES string of the molecule is CC(=O)[C@@]1(O)CC[C@H]2[C@@H]3CCC4=C/C(=N\OCC(=O)NC(C(=O)O)c5ccccc5)CC[C@]4(C)[C@H]3CC[C@@]21C. The van der Waals surface area contributed by atoms with Crippen molar-refractivity contribution < 1.29 is 29.4 Å². The molecule has 39 heavy (non-hydrogen) atoms. The van der Waals surface area contributed by atoms with E-state index in [1.165, 1.54) is 5.57 Å². The molecule has 4 aliphatic rings. The number of amides is 1. The Labute approximate surface area is 229 Å². The van der Waals surface area contributed by atoms with Gasteiger partial charge in [-0.15, -0.1) is 0 Å². The van der Waals surface area contributed by atoms with Gasteiger partial charge in [-0.2, -0.15) is 0 Å². The molecule has 3 fully saturated rings. The molecule has 0 aliphatic heterocycles. The van der Waals surface area contributed by atoms with E-state index in [1.54, 1.807) is 37.3 Å². The first kappa shape index (κ1) is 27.6. The fourth-order valence-corrected chi connectivity index (χ4v) is 8.55. The quantitative estimate of drug-likeness (QED) is 0.438. The maximum atomic E-state index is 12.5. The molecule has 3 N–H and O–H groups in total. The van der Waals surface area contributed by atoms with Crippen LogP contribution in [0.4, 0.5) is 0 Å². The Morgan fingerprint density at radius 3 is 2.46 bits per heavy atom. The van der Waals surface area contributed by atoms with Gasteiger partial charge in [0, 0.05) is 5.41 Å². The van der Waals surface area contributed by atoms with Gasteiger partial charge in [0.25, 0.3) is 5.91 Å². The molecule has 1 aromatic carbocycles. The van der Waals surface area contributed by atoms with Crippen molar-refractivity contribution in [3.8, 4) is 0 Å². The van der Waals surface area contributed by atoms with Crippen LogP contribution >= 0.6 is 0 Å². The minimum atomic E-state index is -1.19. The highest BCUT2D eigenvalue weighted by molar-refractivity contribution is 5.96. The van der Waals surface area contributed by atoms with E-state index in [0.717, 1.165) is 50.7 Å². The van der Waals surface area contributed by atoms with Crippen molar-refractivity contribution in [3.63, 3.8) is 0 Å². The fraction of sp³-hybridized carbons (Fsp3) is 0.613. The van der Waals surface area contributed by atoms with E-state index < -0.39 is 23.5 Å². The molecule has 0 heterocycles. The lowest BCUT2D eigenvalue weighted by molar-refractivity contribution is -0.159. The van der Waals surface area contributed by atoms with E-state index in [0.29, 0.717) is 29.7 Å². The number of benzene rings is 1. The molecule has 7 atom stereocenters. The van der Waals surface area contributed by atoms with Crippen molar-refractivity contribution in [2.45, 2.75) is 83.8 Å². The lowest BCUT2D eigenvalue weighted by Gasteiger charge is -2.59. The van der Waals surface area contributed by atoms with Crippen molar-refractivity contribution in [2.24, 2.45) is 33.7 Å². The summed E-state index contributed by atoms with van der Waals surface area (Å²) >= 11 is 0. The zero-order chi connectivity index (χ0) is 28.0. The Morgan fingerprint density at radius 1 is 1.05 bits per heavy atom. The highest BCUT2D eigenvalue weighted by Gasteiger charge is 2.65. The van der Waals surface area contributed by atoms with Crippen LogP contribution in [0.5, 0.6) is 0 Å². The van der Waals surface area contributed by atoms with Gasteiger partial charge in [0.05, 0.1) is 5.71 Å². The molecular formula is C31H40N2O6. The van der Waals surface area contributed by atoms with Crippen molar-refractivity contribution in [1.82, 2.24) is 5.32 Å². The van der Waals surface area contributed by atoms with Crippen LogP contribution in [0.3, 0.4) is 0 Å². The molecule has 3 saturated carbocycles. The van der Waals surface area contributed by atoms with E-state index in [-0.39, 0.29) is 23.2 Å². The molecule has 5 rings (SSSR count). The summed E-state index contributed by atoms with van der Waals surface area (Å²) in [6, 6.07) is 7.40. The standard InChI is InChI=1S/C31H40N2O6/c1-19(34)31(38)16-13-25-23-10-9-21-17-22(11-14-29(21,2)24(23)12-15-30(25,31)3)33-39-18-26(35)32-27(28(36)37)20-7-5-4-6-8-20/h4-8,17,23-25,27,38H,9-16,18H2,1-3H3,(H,32,35)(H,36,37)/b33-22-/t23-,24+,25+,27?,29+,30+,31+/m1/s1. The minimum Gasteiger partial charge on any atom is -0.479 e. The third-order valence-corrected chi connectivity index (χ3v) is 10.8. The predicted octanol–water partition coefficient (Wildman–Crippen LogP) is 4.58. The van der Waals surface area contributed by atoms with Gasteiger partial charge in [-0.05, 0) is 93.1 Å². The van der Waals surface area contributed by atoms with Gasteiger partial charge in [0.2, 0.25) is 0 Å². The second-order valence-corrected chi connectivity index (χ2v) is 12.5. The Kier molecular flexibility index (Phi) is 7.20. The number of fused-ring (bicyclic) bond motifs is 5. The van der Waals surface area contributed by atoms with Crippen molar-refractivity contribution >= 4 is 23.4 Å². The van der Waals surface area contributed by atoms with Crippen LogP contribution in [0.2, 0.25) is 0 Å². The predicted molar refractivity (Wildman–Crippen MR) is 146 cm³/mol. The van der Waals surface area contributed by atoms with E-state index in [4.69, 9.17) is 4.84 Å². The van der Waals surface area contributed by atoms with Gasteiger partial charge in [-0.3, -0.25) is 9.59 Å². The van der Waals surface area contributed by atoms with E-state index >= 15 is 0 Å². The number of nitrogens with one attached hydrogen (secondary N) is 1. The van der Waals surface area contributed by atoms with Gasteiger partial charge >= 0.3 is 5.97 Å². The molecule has 8 nitrogen and oxygen atoms in total. The number of ketones is 1. The summed E-state index contributed by atoms with van der Waals surface area (Å²) in [6.45, 7) is 5.70. The molecule has 4 aliphatic carbocycles. The van der Waals surface area contributed by atoms with E-state index in [1.807, 2.05) is 0 Å². The smallest absolute Gasteiger partial charge is 0.330 e. The summed E-state index contributed by atoms with van der Waals surface area (Å²) in [5.74, 6) is -0.380. The van der Waals surface area contributed by atoms with E-state index in [2.05, 4.69) is 30.4 Å². The lowest BCUT2D eigenvalue weighted by atomic mass is 9.46. The monoisotopic (exact) mass is 536 g/mol. The van der Waals surface area contributed by atoms with Gasteiger partial charge < -0.3 is 20.4 Å². The largest absolute Gasteiger partial charge is 0.479 e. The maximum Gasteiger partial charge on any atom is 0.330 e. The van der Waals surface area contributed by atoms with Gasteiger partial charge in [-0.25, -0.2) is 4.79 Å². The molecular weight excluding hydrogens is 496 g/mol. The summed E-state index contributed by atoms with van der Waals surface area (Å²) in [5, 5.41) is 27.6. The van der Waals surface area contributed by atoms with E-state index in [9.17, 15) is 24.6 Å². The Morgan fingerprint density at radius 2 is 1.77 bits per heavy atom. The first-order valence-electron chi connectivity index (χ1n) is 14.2. The van der Waals surface area contributed by atoms with Crippen molar-refractivity contribution in [1.29, 1.82) is 0 Å². The number of aliphatic carboxylic acids is 1.